The number of thiazole rings is 1. The van der Waals surface area contributed by atoms with Crippen LogP contribution in [0.15, 0.2) is 47.5 Å². The fourth-order valence-corrected chi connectivity index (χ4v) is 3.64. The van der Waals surface area contributed by atoms with Crippen molar-refractivity contribution in [3.05, 3.63) is 58.6 Å². The van der Waals surface area contributed by atoms with Crippen molar-refractivity contribution in [1.82, 2.24) is 4.57 Å². The van der Waals surface area contributed by atoms with Crippen LogP contribution in [0, 0.1) is 5.82 Å². The largest absolute Gasteiger partial charge is 0.497 e. The smallest absolute Gasteiger partial charge is 0.279 e. The first-order chi connectivity index (χ1) is 12.6. The van der Waals surface area contributed by atoms with E-state index in [-0.39, 0.29) is 5.56 Å². The molecule has 7 heteroatoms. The Morgan fingerprint density at radius 3 is 2.85 bits per heavy atom. The van der Waals surface area contributed by atoms with Crippen LogP contribution >= 0.6 is 11.3 Å². The molecule has 0 aliphatic heterocycles. The Bertz CT molecular complexity index is 994. The minimum Gasteiger partial charge on any atom is -0.497 e. The number of fused-ring (bicyclic) bond motifs is 1. The van der Waals surface area contributed by atoms with Crippen LogP contribution in [-0.2, 0) is 11.3 Å². The van der Waals surface area contributed by atoms with E-state index in [1.54, 1.807) is 13.2 Å². The standard InChI is InChI=1S/C19H19FN2O3S/c1-3-25-10-9-22-16-8-7-15(24-2)12-17(16)26-19(22)21-18(23)13-5-4-6-14(20)11-13/h4-8,11-12H,3,9-10H2,1-2H3. The molecule has 0 atom stereocenters. The summed E-state index contributed by atoms with van der Waals surface area (Å²) < 4.78 is 27.0. The molecule has 0 radical (unpaired) electrons. The molecule has 0 aliphatic rings. The first kappa shape index (κ1) is 18.3. The summed E-state index contributed by atoms with van der Waals surface area (Å²) in [6, 6.07) is 11.2. The van der Waals surface area contributed by atoms with Gasteiger partial charge in [0.1, 0.15) is 11.6 Å². The first-order valence-electron chi connectivity index (χ1n) is 8.22. The summed E-state index contributed by atoms with van der Waals surface area (Å²) >= 11 is 1.38. The molecule has 1 aromatic heterocycles. The number of benzene rings is 2. The molecule has 136 valence electrons. The Kier molecular flexibility index (Phi) is 5.80. The summed E-state index contributed by atoms with van der Waals surface area (Å²) in [5.74, 6) is -0.205. The Morgan fingerprint density at radius 1 is 1.27 bits per heavy atom. The minimum atomic E-state index is -0.479. The van der Waals surface area contributed by atoms with Gasteiger partial charge in [0.05, 0.1) is 23.9 Å². The molecule has 1 amide bonds. The minimum absolute atomic E-state index is 0.219. The first-order valence-corrected chi connectivity index (χ1v) is 9.03. The van der Waals surface area contributed by atoms with Gasteiger partial charge in [-0.1, -0.05) is 17.4 Å². The molecule has 0 saturated carbocycles. The molecular formula is C19H19FN2O3S. The summed E-state index contributed by atoms with van der Waals surface area (Å²) in [7, 11) is 1.61. The number of hydrogen-bond donors (Lipinski definition) is 0. The van der Waals surface area contributed by atoms with Gasteiger partial charge in [-0.2, -0.15) is 4.99 Å². The van der Waals surface area contributed by atoms with Crippen LogP contribution in [0.4, 0.5) is 4.39 Å². The lowest BCUT2D eigenvalue weighted by Gasteiger charge is -2.06. The quantitative estimate of drug-likeness (QED) is 0.619. The zero-order chi connectivity index (χ0) is 18.5. The highest BCUT2D eigenvalue weighted by Gasteiger charge is 2.11. The molecule has 3 aromatic rings. The number of carbonyl (C=O) groups excluding carboxylic acids is 1. The van der Waals surface area contributed by atoms with Crippen LogP contribution in [0.2, 0.25) is 0 Å². The number of aromatic nitrogens is 1. The number of rotatable bonds is 6. The van der Waals surface area contributed by atoms with Crippen LogP contribution in [0.1, 0.15) is 17.3 Å². The van der Waals surface area contributed by atoms with Gasteiger partial charge in [-0.05, 0) is 43.3 Å². The molecule has 0 fully saturated rings. The van der Waals surface area contributed by atoms with E-state index < -0.39 is 11.7 Å². The Morgan fingerprint density at radius 2 is 2.12 bits per heavy atom. The summed E-state index contributed by atoms with van der Waals surface area (Å²) in [5, 5.41) is 0. The molecule has 0 aliphatic carbocycles. The van der Waals surface area contributed by atoms with Gasteiger partial charge in [0.2, 0.25) is 0 Å². The molecule has 2 aromatic carbocycles. The van der Waals surface area contributed by atoms with E-state index in [4.69, 9.17) is 9.47 Å². The van der Waals surface area contributed by atoms with Crippen molar-refractivity contribution in [2.45, 2.75) is 13.5 Å². The molecule has 5 nitrogen and oxygen atoms in total. The van der Waals surface area contributed by atoms with Crippen LogP contribution in [0.5, 0.6) is 5.75 Å². The van der Waals surface area contributed by atoms with E-state index in [0.29, 0.717) is 24.6 Å². The van der Waals surface area contributed by atoms with Gasteiger partial charge in [-0.25, -0.2) is 4.39 Å². The molecule has 0 saturated heterocycles. The van der Waals surface area contributed by atoms with Gasteiger partial charge >= 0.3 is 0 Å². The second kappa shape index (κ2) is 8.25. The molecule has 0 spiro atoms. The summed E-state index contributed by atoms with van der Waals surface area (Å²) in [6.45, 7) is 3.62. The average molecular weight is 374 g/mol. The van der Waals surface area contributed by atoms with Crippen molar-refractivity contribution in [2.24, 2.45) is 4.99 Å². The Labute approximate surface area is 154 Å². The third kappa shape index (κ3) is 4.00. The predicted molar refractivity (Wildman–Crippen MR) is 99.2 cm³/mol. The monoisotopic (exact) mass is 374 g/mol. The van der Waals surface area contributed by atoms with Crippen LogP contribution < -0.4 is 9.54 Å². The zero-order valence-electron chi connectivity index (χ0n) is 14.6. The average Bonchev–Trinajstić information content (AvgIpc) is 2.98. The van der Waals surface area contributed by atoms with E-state index in [1.165, 1.54) is 29.5 Å². The summed E-state index contributed by atoms with van der Waals surface area (Å²) in [4.78, 5) is 17.2. The van der Waals surface area contributed by atoms with Crippen LogP contribution in [-0.4, -0.2) is 30.8 Å². The maximum atomic E-state index is 13.4. The van der Waals surface area contributed by atoms with E-state index in [1.807, 2.05) is 29.7 Å². The number of ether oxygens (including phenoxy) is 2. The molecule has 26 heavy (non-hydrogen) atoms. The van der Waals surface area contributed by atoms with Gasteiger partial charge in [0, 0.05) is 18.7 Å². The normalized spacial score (nSPS) is 11.9. The number of amides is 1. The SMILES string of the molecule is CCOCCn1c(=NC(=O)c2cccc(F)c2)sc2cc(OC)ccc21. The van der Waals surface area contributed by atoms with E-state index in [2.05, 4.69) is 4.99 Å². The number of methoxy groups -OCH3 is 1. The van der Waals surface area contributed by atoms with Gasteiger partial charge in [-0.3, -0.25) is 4.79 Å². The highest BCUT2D eigenvalue weighted by Crippen LogP contribution is 2.23. The maximum absolute atomic E-state index is 13.4. The lowest BCUT2D eigenvalue weighted by Crippen LogP contribution is -2.19. The van der Waals surface area contributed by atoms with Gasteiger partial charge in [0.25, 0.3) is 5.91 Å². The number of halogens is 1. The van der Waals surface area contributed by atoms with E-state index >= 15 is 0 Å². The molecule has 0 N–H and O–H groups in total. The van der Waals surface area contributed by atoms with E-state index in [0.717, 1.165) is 16.0 Å². The Balaban J connectivity index is 2.07. The number of nitrogens with zero attached hydrogens (tertiary/aromatic N) is 2. The molecule has 0 bridgehead atoms. The maximum Gasteiger partial charge on any atom is 0.279 e. The third-order valence-corrected chi connectivity index (χ3v) is 4.86. The number of hydrogen-bond acceptors (Lipinski definition) is 4. The van der Waals surface area contributed by atoms with Gasteiger partial charge in [-0.15, -0.1) is 0 Å². The lowest BCUT2D eigenvalue weighted by molar-refractivity contribution is 0.0996. The summed E-state index contributed by atoms with van der Waals surface area (Å²) in [6.07, 6.45) is 0. The van der Waals surface area contributed by atoms with Crippen molar-refractivity contribution < 1.29 is 18.7 Å². The fourth-order valence-electron chi connectivity index (χ4n) is 2.56. The van der Waals surface area contributed by atoms with E-state index in [9.17, 15) is 9.18 Å². The van der Waals surface area contributed by atoms with Gasteiger partial charge in [0.15, 0.2) is 4.80 Å². The molecule has 3 rings (SSSR count). The zero-order valence-corrected chi connectivity index (χ0v) is 15.4. The van der Waals surface area contributed by atoms with Gasteiger partial charge < -0.3 is 14.0 Å². The second-order valence-corrected chi connectivity index (χ2v) is 6.50. The van der Waals surface area contributed by atoms with Crippen molar-refractivity contribution in [2.75, 3.05) is 20.3 Å². The second-order valence-electron chi connectivity index (χ2n) is 5.49. The molecule has 1 heterocycles. The summed E-state index contributed by atoms with van der Waals surface area (Å²) in [5.41, 5.74) is 1.16. The Hall–Kier alpha value is -2.51. The highest BCUT2D eigenvalue weighted by molar-refractivity contribution is 7.16. The van der Waals surface area contributed by atoms with Crippen molar-refractivity contribution >= 4 is 27.5 Å². The van der Waals surface area contributed by atoms with Crippen molar-refractivity contribution in [1.29, 1.82) is 0 Å². The van der Waals surface area contributed by atoms with Crippen molar-refractivity contribution in [3.8, 4) is 5.75 Å². The van der Waals surface area contributed by atoms with Crippen molar-refractivity contribution in [3.63, 3.8) is 0 Å². The topological polar surface area (TPSA) is 52.8 Å². The van der Waals surface area contributed by atoms with Crippen LogP contribution in [0.25, 0.3) is 10.2 Å². The lowest BCUT2D eigenvalue weighted by atomic mass is 10.2. The predicted octanol–water partition coefficient (Wildman–Crippen LogP) is 3.63. The molecular weight excluding hydrogens is 355 g/mol. The molecule has 0 unspecified atom stereocenters. The van der Waals surface area contributed by atoms with Crippen LogP contribution in [0.3, 0.4) is 0 Å². The third-order valence-electron chi connectivity index (χ3n) is 3.82. The number of carbonyl (C=O) groups is 1. The highest BCUT2D eigenvalue weighted by atomic mass is 32.1. The fraction of sp³-hybridized carbons (Fsp3) is 0.263.